The van der Waals surface area contributed by atoms with Crippen molar-refractivity contribution < 1.29 is 22.8 Å². The summed E-state index contributed by atoms with van der Waals surface area (Å²) < 4.78 is 39.1. The first-order valence-corrected chi connectivity index (χ1v) is 9.20. The quantitative estimate of drug-likeness (QED) is 0.703. The van der Waals surface area contributed by atoms with Crippen molar-refractivity contribution in [3.8, 4) is 0 Å². The second-order valence-corrected chi connectivity index (χ2v) is 6.79. The van der Waals surface area contributed by atoms with E-state index in [1.54, 1.807) is 24.6 Å². The van der Waals surface area contributed by atoms with Crippen molar-refractivity contribution in [2.75, 3.05) is 12.4 Å². The van der Waals surface area contributed by atoms with Crippen LogP contribution in [0.5, 0.6) is 0 Å². The highest BCUT2D eigenvalue weighted by atomic mass is 32.1. The molecule has 0 saturated carbocycles. The van der Waals surface area contributed by atoms with Crippen molar-refractivity contribution in [1.82, 2.24) is 20.7 Å². The molecule has 2 aromatic rings. The first-order chi connectivity index (χ1) is 13.6. The molecule has 152 valence electrons. The van der Waals surface area contributed by atoms with Gasteiger partial charge in [-0.25, -0.2) is 4.98 Å². The summed E-state index contributed by atoms with van der Waals surface area (Å²) >= 11 is 1.29. The molecule has 3 N–H and O–H groups in total. The number of hydrazine groups is 1. The number of hydrogen-bond acceptors (Lipinski definition) is 6. The van der Waals surface area contributed by atoms with E-state index in [1.165, 1.54) is 34.8 Å². The highest BCUT2D eigenvalue weighted by Gasteiger charge is 2.31. The summed E-state index contributed by atoms with van der Waals surface area (Å²) in [5.74, 6) is -0.474. The van der Waals surface area contributed by atoms with Gasteiger partial charge in [0.2, 0.25) is 5.91 Å². The number of halogens is 3. The zero-order valence-corrected chi connectivity index (χ0v) is 16.1. The predicted octanol–water partition coefficient (Wildman–Crippen LogP) is 3.18. The molecule has 1 aromatic heterocycles. The molecule has 0 fully saturated rings. The summed E-state index contributed by atoms with van der Waals surface area (Å²) in [4.78, 5) is 27.5. The average molecular weight is 423 g/mol. The van der Waals surface area contributed by atoms with Gasteiger partial charge in [0.1, 0.15) is 11.5 Å². The van der Waals surface area contributed by atoms with Crippen LogP contribution in [0.3, 0.4) is 0 Å². The summed E-state index contributed by atoms with van der Waals surface area (Å²) in [6, 6.07) is 3.09. The van der Waals surface area contributed by atoms with Gasteiger partial charge in [-0.1, -0.05) is 6.07 Å². The predicted molar refractivity (Wildman–Crippen MR) is 102 cm³/mol. The molecule has 1 aliphatic rings. The molecule has 11 heteroatoms. The van der Waals surface area contributed by atoms with Crippen molar-refractivity contribution in [2.45, 2.75) is 13.1 Å². The molecule has 0 aliphatic carbocycles. The van der Waals surface area contributed by atoms with Gasteiger partial charge >= 0.3 is 6.18 Å². The molecule has 0 atom stereocenters. The monoisotopic (exact) mass is 423 g/mol. The number of benzene rings is 1. The Bertz CT molecular complexity index is 999. The van der Waals surface area contributed by atoms with Crippen molar-refractivity contribution in [2.24, 2.45) is 0 Å². The number of allylic oxidation sites excluding steroid dienone is 2. The molecule has 2 heterocycles. The first-order valence-electron chi connectivity index (χ1n) is 8.26. The number of hydrogen-bond donors (Lipinski definition) is 3. The number of alkyl halides is 3. The van der Waals surface area contributed by atoms with E-state index < -0.39 is 23.6 Å². The maximum Gasteiger partial charge on any atom is 0.416 e. The minimum atomic E-state index is -4.54. The van der Waals surface area contributed by atoms with Crippen LogP contribution in [0.4, 0.5) is 18.9 Å². The Kier molecular flexibility index (Phi) is 5.59. The van der Waals surface area contributed by atoms with Crippen molar-refractivity contribution in [3.05, 3.63) is 63.9 Å². The molecule has 2 amide bonds. The van der Waals surface area contributed by atoms with Gasteiger partial charge in [-0.05, 0) is 24.3 Å². The normalized spacial score (nSPS) is 13.9. The summed E-state index contributed by atoms with van der Waals surface area (Å²) in [7, 11) is 1.63. The number of thiazole rings is 1. The Morgan fingerprint density at radius 3 is 2.55 bits per heavy atom. The first kappa shape index (κ1) is 20.4. The van der Waals surface area contributed by atoms with Crippen molar-refractivity contribution >= 4 is 34.5 Å². The fourth-order valence-electron chi connectivity index (χ4n) is 2.58. The Labute approximate surface area is 167 Å². The number of aromatic nitrogens is 1. The third kappa shape index (κ3) is 4.74. The molecular formula is C18H16F3N5O2S. The molecule has 0 spiro atoms. The Morgan fingerprint density at radius 1 is 1.21 bits per heavy atom. The van der Waals surface area contributed by atoms with Crippen molar-refractivity contribution in [3.63, 3.8) is 0 Å². The lowest BCUT2D eigenvalue weighted by atomic mass is 10.0. The van der Waals surface area contributed by atoms with Crippen LogP contribution in [0.15, 0.2) is 47.1 Å². The number of carbonyl (C=O) groups excluding carboxylic acids is 2. The minimum absolute atomic E-state index is 0.0165. The van der Waals surface area contributed by atoms with E-state index in [2.05, 4.69) is 21.0 Å². The van der Waals surface area contributed by atoms with Gasteiger partial charge in [0.15, 0.2) is 0 Å². The van der Waals surface area contributed by atoms with Crippen LogP contribution in [0, 0.1) is 0 Å². The second-order valence-electron chi connectivity index (χ2n) is 6.07. The van der Waals surface area contributed by atoms with Gasteiger partial charge in [-0.3, -0.25) is 20.0 Å². The lowest BCUT2D eigenvalue weighted by molar-refractivity contribution is -0.137. The lowest BCUT2D eigenvalue weighted by Crippen LogP contribution is -2.42. The van der Waals surface area contributed by atoms with Crippen LogP contribution < -0.4 is 16.1 Å². The zero-order valence-electron chi connectivity index (χ0n) is 15.3. The van der Waals surface area contributed by atoms with E-state index in [-0.39, 0.29) is 11.4 Å². The summed E-state index contributed by atoms with van der Waals surface area (Å²) in [6.07, 6.45) is -1.36. The fourth-order valence-corrected chi connectivity index (χ4v) is 3.11. The van der Waals surface area contributed by atoms with Gasteiger partial charge in [0.25, 0.3) is 5.91 Å². The average Bonchev–Trinajstić information content (AvgIpc) is 3.17. The molecule has 1 aliphatic heterocycles. The zero-order chi connectivity index (χ0) is 21.2. The standard InChI is InChI=1S/C18H16F3N5O2S/c1-10(27)23-14-7-11(18(19,20)21)3-4-12(14)13-5-6-16(26(2)25-13)24-17(28)15-8-29-9-22-15/h3-9,25H,1-2H3,(H,23,27)(H,24,28). The summed E-state index contributed by atoms with van der Waals surface area (Å²) in [6.45, 7) is 1.21. The van der Waals surface area contributed by atoms with E-state index in [9.17, 15) is 22.8 Å². The van der Waals surface area contributed by atoms with E-state index in [0.29, 0.717) is 17.1 Å². The highest BCUT2D eigenvalue weighted by Crippen LogP contribution is 2.34. The fraction of sp³-hybridized carbons (Fsp3) is 0.167. The Hall–Kier alpha value is -3.34. The van der Waals surface area contributed by atoms with Crippen LogP contribution in [0.2, 0.25) is 0 Å². The van der Waals surface area contributed by atoms with E-state index in [0.717, 1.165) is 12.1 Å². The van der Waals surface area contributed by atoms with Gasteiger partial charge in [0, 0.05) is 24.9 Å². The number of anilines is 1. The van der Waals surface area contributed by atoms with Gasteiger partial charge in [-0.15, -0.1) is 11.3 Å². The smallest absolute Gasteiger partial charge is 0.326 e. The van der Waals surface area contributed by atoms with E-state index >= 15 is 0 Å². The number of nitrogens with zero attached hydrogens (tertiary/aromatic N) is 2. The van der Waals surface area contributed by atoms with Gasteiger partial charge in [-0.2, -0.15) is 13.2 Å². The van der Waals surface area contributed by atoms with E-state index in [4.69, 9.17) is 0 Å². The lowest BCUT2D eigenvalue weighted by Gasteiger charge is -2.29. The van der Waals surface area contributed by atoms with Crippen LogP contribution in [-0.4, -0.2) is 28.9 Å². The van der Waals surface area contributed by atoms with Gasteiger partial charge in [0.05, 0.1) is 22.5 Å². The number of nitrogens with one attached hydrogen (secondary N) is 3. The van der Waals surface area contributed by atoms with Crippen LogP contribution in [-0.2, 0) is 11.0 Å². The molecule has 7 nitrogen and oxygen atoms in total. The Balaban J connectivity index is 1.90. The number of amides is 2. The van der Waals surface area contributed by atoms with Crippen LogP contribution >= 0.6 is 11.3 Å². The molecule has 0 radical (unpaired) electrons. The van der Waals surface area contributed by atoms with Gasteiger partial charge < -0.3 is 10.6 Å². The van der Waals surface area contributed by atoms with E-state index in [1.807, 2.05) is 0 Å². The largest absolute Gasteiger partial charge is 0.416 e. The molecule has 1 aromatic carbocycles. The molecule has 0 unspecified atom stereocenters. The van der Waals surface area contributed by atoms with Crippen LogP contribution in [0.1, 0.15) is 28.5 Å². The SMILES string of the molecule is CC(=O)Nc1cc(C(F)(F)F)ccc1C1=CC=C(NC(=O)c2cscn2)N(C)N1. The second kappa shape index (κ2) is 7.95. The maximum absolute atomic E-state index is 13.0. The molecular weight excluding hydrogens is 407 g/mol. The van der Waals surface area contributed by atoms with Crippen LogP contribution in [0.25, 0.3) is 5.70 Å². The minimum Gasteiger partial charge on any atom is -0.326 e. The van der Waals surface area contributed by atoms with Crippen molar-refractivity contribution in [1.29, 1.82) is 0 Å². The molecule has 0 bridgehead atoms. The number of carbonyl (C=O) groups is 2. The topological polar surface area (TPSA) is 86.4 Å². The third-order valence-electron chi connectivity index (χ3n) is 3.91. The summed E-state index contributed by atoms with van der Waals surface area (Å²) in [5.41, 5.74) is 4.73. The molecule has 29 heavy (non-hydrogen) atoms. The highest BCUT2D eigenvalue weighted by molar-refractivity contribution is 7.07. The maximum atomic E-state index is 13.0. The molecule has 0 saturated heterocycles. The summed E-state index contributed by atoms with van der Waals surface area (Å²) in [5, 5.41) is 8.21. The molecule has 3 rings (SSSR count). The number of rotatable bonds is 4. The Morgan fingerprint density at radius 2 is 1.97 bits per heavy atom. The third-order valence-corrected chi connectivity index (χ3v) is 4.50.